The van der Waals surface area contributed by atoms with Gasteiger partial charge in [-0.2, -0.15) is 0 Å². The second-order valence-electron chi connectivity index (χ2n) is 8.96. The molecule has 0 unspecified atom stereocenters. The summed E-state index contributed by atoms with van der Waals surface area (Å²) in [6.07, 6.45) is -1.16. The van der Waals surface area contributed by atoms with Crippen molar-refractivity contribution in [1.82, 2.24) is 10.4 Å². The van der Waals surface area contributed by atoms with Crippen molar-refractivity contribution in [1.29, 1.82) is 0 Å². The van der Waals surface area contributed by atoms with Crippen LogP contribution in [0.4, 0.5) is 10.5 Å². The minimum absolute atomic E-state index is 0.0229. The minimum Gasteiger partial charge on any atom is -0.480 e. The van der Waals surface area contributed by atoms with E-state index in [-0.39, 0.29) is 25.1 Å². The molecule has 0 radical (unpaired) electrons. The molecule has 11 heteroatoms. The molecule has 11 nitrogen and oxygen atoms in total. The van der Waals surface area contributed by atoms with Gasteiger partial charge in [-0.05, 0) is 38.8 Å². The molecule has 2 atom stereocenters. The van der Waals surface area contributed by atoms with Crippen molar-refractivity contribution in [3.05, 3.63) is 75.8 Å². The zero-order valence-electron chi connectivity index (χ0n) is 20.7. The SMILES string of the molecule is CCOC(=O)[C@H](Cc1ccccc1)N(N[C@@H](Cc1cccc([N+](=O)[O-])c1)C(=O)O)C(=O)OC(C)(C)C. The van der Waals surface area contributed by atoms with Gasteiger partial charge < -0.3 is 14.6 Å². The maximum Gasteiger partial charge on any atom is 0.425 e. The Morgan fingerprint density at radius 2 is 1.69 bits per heavy atom. The number of ether oxygens (including phenoxy) is 2. The van der Waals surface area contributed by atoms with E-state index in [2.05, 4.69) is 5.43 Å². The monoisotopic (exact) mass is 501 g/mol. The molecule has 0 saturated carbocycles. The van der Waals surface area contributed by atoms with E-state index in [4.69, 9.17) is 9.47 Å². The van der Waals surface area contributed by atoms with Crippen LogP contribution in [0.2, 0.25) is 0 Å². The number of nitrogens with one attached hydrogen (secondary N) is 1. The number of carbonyl (C=O) groups is 3. The van der Waals surface area contributed by atoms with Gasteiger partial charge in [0, 0.05) is 25.0 Å². The van der Waals surface area contributed by atoms with Crippen LogP contribution in [0.5, 0.6) is 0 Å². The lowest BCUT2D eigenvalue weighted by molar-refractivity contribution is -0.384. The molecule has 0 aromatic heterocycles. The third-order valence-corrected chi connectivity index (χ3v) is 4.89. The second kappa shape index (κ2) is 12.6. The lowest BCUT2D eigenvalue weighted by Crippen LogP contribution is -2.60. The zero-order chi connectivity index (χ0) is 26.9. The maximum atomic E-state index is 13.2. The predicted molar refractivity (Wildman–Crippen MR) is 130 cm³/mol. The number of esters is 1. The van der Waals surface area contributed by atoms with Crippen LogP contribution in [0, 0.1) is 10.1 Å². The number of carbonyl (C=O) groups excluding carboxylic acids is 2. The minimum atomic E-state index is -1.42. The number of hydrogen-bond donors (Lipinski definition) is 2. The predicted octanol–water partition coefficient (Wildman–Crippen LogP) is 3.51. The molecule has 2 N–H and O–H groups in total. The summed E-state index contributed by atoms with van der Waals surface area (Å²) < 4.78 is 10.7. The molecule has 0 aliphatic rings. The van der Waals surface area contributed by atoms with Gasteiger partial charge in [0.1, 0.15) is 11.6 Å². The molecule has 2 rings (SSSR count). The normalized spacial score (nSPS) is 12.8. The Labute approximate surface area is 209 Å². The van der Waals surface area contributed by atoms with Crippen molar-refractivity contribution >= 4 is 23.7 Å². The smallest absolute Gasteiger partial charge is 0.425 e. The van der Waals surface area contributed by atoms with E-state index in [0.717, 1.165) is 5.01 Å². The second-order valence-corrected chi connectivity index (χ2v) is 8.96. The van der Waals surface area contributed by atoms with Gasteiger partial charge >= 0.3 is 18.0 Å². The average Bonchev–Trinajstić information content (AvgIpc) is 2.80. The summed E-state index contributed by atoms with van der Waals surface area (Å²) in [5, 5.41) is 21.9. The molecule has 0 saturated heterocycles. The lowest BCUT2D eigenvalue weighted by Gasteiger charge is -2.34. The molecule has 0 aliphatic heterocycles. The summed E-state index contributed by atoms with van der Waals surface area (Å²) in [6, 6.07) is 11.7. The van der Waals surface area contributed by atoms with E-state index in [1.54, 1.807) is 58.0 Å². The lowest BCUT2D eigenvalue weighted by atomic mass is 10.0. The van der Waals surface area contributed by atoms with Crippen LogP contribution in [0.3, 0.4) is 0 Å². The molecular formula is C25H31N3O8. The van der Waals surface area contributed by atoms with Crippen LogP contribution in [0.15, 0.2) is 54.6 Å². The fraction of sp³-hybridized carbons (Fsp3) is 0.400. The highest BCUT2D eigenvalue weighted by Crippen LogP contribution is 2.18. The van der Waals surface area contributed by atoms with Gasteiger partial charge in [-0.15, -0.1) is 0 Å². The van der Waals surface area contributed by atoms with Crippen molar-refractivity contribution < 1.29 is 33.9 Å². The maximum absolute atomic E-state index is 13.2. The number of nitro benzene ring substituents is 1. The van der Waals surface area contributed by atoms with Crippen molar-refractivity contribution in [3.63, 3.8) is 0 Å². The van der Waals surface area contributed by atoms with Crippen LogP contribution in [0.25, 0.3) is 0 Å². The molecule has 1 amide bonds. The van der Waals surface area contributed by atoms with E-state index < -0.39 is 40.6 Å². The van der Waals surface area contributed by atoms with E-state index in [0.29, 0.717) is 11.1 Å². The Morgan fingerprint density at radius 3 is 2.25 bits per heavy atom. The number of nitro groups is 1. The number of hydrazine groups is 1. The molecule has 2 aromatic rings. The fourth-order valence-corrected chi connectivity index (χ4v) is 3.33. The number of carboxylic acid groups (broad SMARTS) is 1. The Kier molecular flexibility index (Phi) is 9.92. The van der Waals surface area contributed by atoms with Crippen LogP contribution >= 0.6 is 0 Å². The number of carboxylic acids is 1. The summed E-state index contributed by atoms with van der Waals surface area (Å²) in [5.74, 6) is -2.09. The average molecular weight is 502 g/mol. The van der Waals surface area contributed by atoms with Crippen LogP contribution in [0.1, 0.15) is 38.8 Å². The first-order valence-corrected chi connectivity index (χ1v) is 11.4. The van der Waals surface area contributed by atoms with Crippen LogP contribution in [-0.2, 0) is 31.9 Å². The Hall–Kier alpha value is -3.99. The number of rotatable bonds is 11. The van der Waals surface area contributed by atoms with E-state index >= 15 is 0 Å². The number of benzene rings is 2. The summed E-state index contributed by atoms with van der Waals surface area (Å²) in [7, 11) is 0. The molecule has 0 aliphatic carbocycles. The third kappa shape index (κ3) is 8.66. The number of amides is 1. The first-order valence-electron chi connectivity index (χ1n) is 11.4. The topological polar surface area (TPSA) is 148 Å². The van der Waals surface area contributed by atoms with Crippen molar-refractivity contribution in [3.8, 4) is 0 Å². The molecule has 0 fully saturated rings. The van der Waals surface area contributed by atoms with Crippen molar-refractivity contribution in [2.24, 2.45) is 0 Å². The summed E-state index contributed by atoms with van der Waals surface area (Å²) in [4.78, 5) is 48.8. The zero-order valence-corrected chi connectivity index (χ0v) is 20.7. The number of non-ortho nitro benzene ring substituents is 1. The van der Waals surface area contributed by atoms with Gasteiger partial charge in [0.15, 0.2) is 6.04 Å². The fourth-order valence-electron chi connectivity index (χ4n) is 3.33. The number of hydrogen-bond acceptors (Lipinski definition) is 8. The van der Waals surface area contributed by atoms with Gasteiger partial charge in [-0.1, -0.05) is 42.5 Å². The molecule has 194 valence electrons. The van der Waals surface area contributed by atoms with E-state index in [1.807, 2.05) is 0 Å². The third-order valence-electron chi connectivity index (χ3n) is 4.89. The first-order chi connectivity index (χ1) is 16.9. The first kappa shape index (κ1) is 28.2. The Bertz CT molecular complexity index is 1070. The largest absolute Gasteiger partial charge is 0.480 e. The van der Waals surface area contributed by atoms with Gasteiger partial charge in [0.2, 0.25) is 0 Å². The molecule has 2 aromatic carbocycles. The van der Waals surface area contributed by atoms with Gasteiger partial charge in [-0.3, -0.25) is 14.9 Å². The van der Waals surface area contributed by atoms with Crippen LogP contribution < -0.4 is 5.43 Å². The van der Waals surface area contributed by atoms with E-state index in [1.165, 1.54) is 24.3 Å². The van der Waals surface area contributed by atoms with E-state index in [9.17, 15) is 29.6 Å². The van der Waals surface area contributed by atoms with Gasteiger partial charge in [0.05, 0.1) is 11.5 Å². The summed E-state index contributed by atoms with van der Waals surface area (Å²) in [6.45, 7) is 6.57. The Morgan fingerprint density at radius 1 is 1.06 bits per heavy atom. The molecule has 0 spiro atoms. The van der Waals surface area contributed by atoms with Gasteiger partial charge in [0.25, 0.3) is 5.69 Å². The quantitative estimate of drug-likeness (QED) is 0.268. The van der Waals surface area contributed by atoms with Crippen molar-refractivity contribution in [2.75, 3.05) is 6.61 Å². The highest BCUT2D eigenvalue weighted by Gasteiger charge is 2.37. The standard InChI is InChI=1S/C25H31N3O8/c1-5-35-23(31)21(16-17-10-7-6-8-11-17)27(24(32)36-25(2,3)4)26-20(22(29)30)15-18-12-9-13-19(14-18)28(33)34/h6-14,20-21,26H,5,15-16H2,1-4H3,(H,29,30)/t20-,21-/m0/s1. The number of aliphatic carboxylic acids is 1. The highest BCUT2D eigenvalue weighted by atomic mass is 16.6. The Balaban J connectivity index is 2.45. The van der Waals surface area contributed by atoms with Crippen molar-refractivity contribution in [2.45, 2.75) is 58.2 Å². The van der Waals surface area contributed by atoms with Crippen LogP contribution in [-0.4, -0.2) is 57.4 Å². The summed E-state index contributed by atoms with van der Waals surface area (Å²) in [5.41, 5.74) is 2.53. The molecule has 0 bridgehead atoms. The summed E-state index contributed by atoms with van der Waals surface area (Å²) >= 11 is 0. The molecular weight excluding hydrogens is 470 g/mol. The number of nitrogens with zero attached hydrogens (tertiary/aromatic N) is 2. The van der Waals surface area contributed by atoms with Gasteiger partial charge in [-0.25, -0.2) is 20.0 Å². The highest BCUT2D eigenvalue weighted by molar-refractivity contribution is 5.82. The molecule has 0 heterocycles. The molecule has 36 heavy (non-hydrogen) atoms.